The summed E-state index contributed by atoms with van der Waals surface area (Å²) in [5.74, 6) is 0. The predicted molar refractivity (Wildman–Crippen MR) is 31.3 cm³/mol. The molecule has 0 heterocycles. The summed E-state index contributed by atoms with van der Waals surface area (Å²) >= 11 is 0. The van der Waals surface area contributed by atoms with Gasteiger partial charge in [0.05, 0.1) is 6.61 Å². The Bertz CT molecular complexity index is 78.6. The zero-order chi connectivity index (χ0) is 6.41. The predicted octanol–water partition coefficient (Wildman–Crippen LogP) is 0.687. The summed E-state index contributed by atoms with van der Waals surface area (Å²) in [5.41, 5.74) is 0. The Morgan fingerprint density at radius 1 is 2.00 bits per heavy atom. The van der Waals surface area contributed by atoms with E-state index in [1.54, 1.807) is 19.3 Å². The van der Waals surface area contributed by atoms with Crippen molar-refractivity contribution in [3.63, 3.8) is 0 Å². The lowest BCUT2D eigenvalue weighted by Crippen LogP contribution is -2.08. The van der Waals surface area contributed by atoms with E-state index in [2.05, 4.69) is 6.58 Å². The van der Waals surface area contributed by atoms with Crippen LogP contribution in [0.2, 0.25) is 0 Å². The molecule has 0 aromatic carbocycles. The molecule has 0 amide bonds. The summed E-state index contributed by atoms with van der Waals surface area (Å²) in [7, 11) is 0. The van der Waals surface area contributed by atoms with Gasteiger partial charge in [0.2, 0.25) is 6.29 Å². The Kier molecular flexibility index (Phi) is 4.17. The molecule has 1 radical (unpaired) electrons. The van der Waals surface area contributed by atoms with Gasteiger partial charge in [-0.25, -0.2) is 0 Å². The van der Waals surface area contributed by atoms with Gasteiger partial charge in [-0.15, -0.1) is 6.58 Å². The molecule has 0 N–H and O–H groups in total. The minimum atomic E-state index is -0.423. The molecule has 0 aliphatic carbocycles. The average molecular weight is 113 g/mol. The molecule has 2 heteroatoms. The fraction of sp³-hybridized carbons (Fsp3) is 0.500. The second kappa shape index (κ2) is 4.53. The molecule has 0 saturated carbocycles. The van der Waals surface area contributed by atoms with Crippen LogP contribution in [-0.2, 0) is 9.53 Å². The SMILES string of the molecule is C=CCOC(C)[C]=O. The maximum absolute atomic E-state index is 9.73. The van der Waals surface area contributed by atoms with Gasteiger partial charge in [-0.05, 0) is 6.92 Å². The third-order valence-electron chi connectivity index (χ3n) is 0.630. The molecule has 1 atom stereocenters. The third-order valence-corrected chi connectivity index (χ3v) is 0.630. The van der Waals surface area contributed by atoms with Crippen molar-refractivity contribution >= 4 is 6.29 Å². The van der Waals surface area contributed by atoms with Gasteiger partial charge >= 0.3 is 0 Å². The standard InChI is InChI=1S/C6H9O2/c1-3-4-8-6(2)5-7/h3,6H,1,4H2,2H3. The molecule has 0 aromatic heterocycles. The first-order valence-electron chi connectivity index (χ1n) is 2.41. The van der Waals surface area contributed by atoms with Gasteiger partial charge in [-0.1, -0.05) is 6.08 Å². The molecule has 0 fully saturated rings. The molecule has 0 saturated heterocycles. The fourth-order valence-electron chi connectivity index (χ4n) is 0.246. The Morgan fingerprint density at radius 2 is 2.62 bits per heavy atom. The normalized spacial score (nSPS) is 12.6. The van der Waals surface area contributed by atoms with Crippen molar-refractivity contribution in [1.29, 1.82) is 0 Å². The summed E-state index contributed by atoms with van der Waals surface area (Å²) in [4.78, 5) is 9.73. The molecule has 1 unspecified atom stereocenters. The maximum atomic E-state index is 9.73. The molecular weight excluding hydrogens is 104 g/mol. The van der Waals surface area contributed by atoms with Crippen LogP contribution in [0.5, 0.6) is 0 Å². The second-order valence-corrected chi connectivity index (χ2v) is 1.38. The van der Waals surface area contributed by atoms with Crippen LogP contribution in [0.4, 0.5) is 0 Å². The minimum absolute atomic E-state index is 0.413. The smallest absolute Gasteiger partial charge is 0.229 e. The van der Waals surface area contributed by atoms with Crippen LogP contribution in [0.1, 0.15) is 6.92 Å². The summed E-state index contributed by atoms with van der Waals surface area (Å²) < 4.78 is 4.80. The summed E-state index contributed by atoms with van der Waals surface area (Å²) in [6.45, 7) is 5.46. The van der Waals surface area contributed by atoms with Gasteiger partial charge in [0, 0.05) is 0 Å². The van der Waals surface area contributed by atoms with E-state index in [1.165, 1.54) is 0 Å². The van der Waals surface area contributed by atoms with Crippen LogP contribution in [-0.4, -0.2) is 19.0 Å². The van der Waals surface area contributed by atoms with Gasteiger partial charge in [0.15, 0.2) is 0 Å². The van der Waals surface area contributed by atoms with Crippen LogP contribution in [0.3, 0.4) is 0 Å². The molecule has 0 aliphatic rings. The Morgan fingerprint density at radius 3 is 3.00 bits per heavy atom. The molecule has 0 rings (SSSR count). The highest BCUT2D eigenvalue weighted by Gasteiger charge is 1.95. The molecule has 2 nitrogen and oxygen atoms in total. The van der Waals surface area contributed by atoms with E-state index >= 15 is 0 Å². The average Bonchev–Trinajstić information content (AvgIpc) is 1.83. The topological polar surface area (TPSA) is 26.3 Å². The maximum Gasteiger partial charge on any atom is 0.229 e. The molecule has 45 valence electrons. The third kappa shape index (κ3) is 3.56. The number of hydrogen-bond donors (Lipinski definition) is 0. The Balaban J connectivity index is 3.09. The molecule has 8 heavy (non-hydrogen) atoms. The van der Waals surface area contributed by atoms with E-state index in [0.717, 1.165) is 0 Å². The monoisotopic (exact) mass is 113 g/mol. The van der Waals surface area contributed by atoms with Gasteiger partial charge in [-0.3, -0.25) is 4.79 Å². The van der Waals surface area contributed by atoms with Crippen molar-refractivity contribution in [1.82, 2.24) is 0 Å². The van der Waals surface area contributed by atoms with Gasteiger partial charge in [-0.2, -0.15) is 0 Å². The molecular formula is C6H9O2. The summed E-state index contributed by atoms with van der Waals surface area (Å²) in [5, 5.41) is 0. The van der Waals surface area contributed by atoms with Crippen LogP contribution < -0.4 is 0 Å². The van der Waals surface area contributed by atoms with Crippen LogP contribution in [0.15, 0.2) is 12.7 Å². The quantitative estimate of drug-likeness (QED) is 0.501. The van der Waals surface area contributed by atoms with Gasteiger partial charge in [0.1, 0.15) is 6.10 Å². The number of ether oxygens (including phenoxy) is 1. The number of carbonyl (C=O) groups excluding carboxylic acids is 1. The first kappa shape index (κ1) is 7.37. The lowest BCUT2D eigenvalue weighted by atomic mass is 10.5. The first-order valence-corrected chi connectivity index (χ1v) is 2.41. The van der Waals surface area contributed by atoms with Crippen LogP contribution in [0.25, 0.3) is 0 Å². The zero-order valence-corrected chi connectivity index (χ0v) is 4.89. The zero-order valence-electron chi connectivity index (χ0n) is 4.89. The molecule has 0 spiro atoms. The molecule has 0 aromatic rings. The van der Waals surface area contributed by atoms with E-state index in [1.807, 2.05) is 0 Å². The van der Waals surface area contributed by atoms with Crippen molar-refractivity contribution in [2.75, 3.05) is 6.61 Å². The van der Waals surface area contributed by atoms with Crippen LogP contribution >= 0.6 is 0 Å². The number of hydrogen-bond acceptors (Lipinski definition) is 2. The first-order chi connectivity index (χ1) is 3.81. The van der Waals surface area contributed by atoms with Crippen molar-refractivity contribution in [3.05, 3.63) is 12.7 Å². The minimum Gasteiger partial charge on any atom is -0.366 e. The highest BCUT2D eigenvalue weighted by atomic mass is 16.5. The van der Waals surface area contributed by atoms with Crippen molar-refractivity contribution < 1.29 is 9.53 Å². The van der Waals surface area contributed by atoms with Crippen molar-refractivity contribution in [2.24, 2.45) is 0 Å². The van der Waals surface area contributed by atoms with E-state index in [-0.39, 0.29) is 0 Å². The Labute approximate surface area is 49.1 Å². The highest BCUT2D eigenvalue weighted by molar-refractivity contribution is 5.56. The lowest BCUT2D eigenvalue weighted by molar-refractivity contribution is 0.133. The van der Waals surface area contributed by atoms with Gasteiger partial charge < -0.3 is 4.74 Å². The molecule has 0 bridgehead atoms. The van der Waals surface area contributed by atoms with E-state index in [4.69, 9.17) is 4.74 Å². The summed E-state index contributed by atoms with van der Waals surface area (Å²) in [6.07, 6.45) is 2.85. The summed E-state index contributed by atoms with van der Waals surface area (Å²) in [6, 6.07) is 0. The molecule has 0 aliphatic heterocycles. The van der Waals surface area contributed by atoms with Crippen LogP contribution in [0, 0.1) is 0 Å². The van der Waals surface area contributed by atoms with E-state index in [0.29, 0.717) is 6.61 Å². The van der Waals surface area contributed by atoms with Crippen molar-refractivity contribution in [2.45, 2.75) is 13.0 Å². The lowest BCUT2D eigenvalue weighted by Gasteiger charge is -1.99. The van der Waals surface area contributed by atoms with E-state index in [9.17, 15) is 4.79 Å². The van der Waals surface area contributed by atoms with Gasteiger partial charge in [0.25, 0.3) is 0 Å². The fourth-order valence-corrected chi connectivity index (χ4v) is 0.246. The van der Waals surface area contributed by atoms with Crippen molar-refractivity contribution in [3.8, 4) is 0 Å². The number of rotatable bonds is 4. The van der Waals surface area contributed by atoms with E-state index < -0.39 is 6.10 Å². The second-order valence-electron chi connectivity index (χ2n) is 1.38. The largest absolute Gasteiger partial charge is 0.366 e. The Hall–Kier alpha value is -0.630. The highest BCUT2D eigenvalue weighted by Crippen LogP contribution is 1.83.